The molecule has 1 aliphatic carbocycles. The SMILES string of the molecule is O=C1CCC(NC(=O)c2cc(F)cc(N3CCC4(CCC(N5CCN(c6ccc([N+](=O)[O-])cc6)CC5)C4)CC3)c2)C(=O)N1. The molecule has 0 aromatic heterocycles. The molecule has 4 fully saturated rings. The van der Waals surface area contributed by atoms with E-state index < -0.39 is 23.7 Å². The summed E-state index contributed by atoms with van der Waals surface area (Å²) in [7, 11) is 0. The number of hydrogen-bond donors (Lipinski definition) is 2. The van der Waals surface area contributed by atoms with E-state index in [-0.39, 0.29) is 40.3 Å². The lowest BCUT2D eigenvalue weighted by Gasteiger charge is -2.42. The molecular formula is C31H37FN6O5. The van der Waals surface area contributed by atoms with Gasteiger partial charge in [0.15, 0.2) is 0 Å². The molecule has 11 nitrogen and oxygen atoms in total. The second-order valence-electron chi connectivity index (χ2n) is 12.4. The van der Waals surface area contributed by atoms with Crippen LogP contribution in [0.25, 0.3) is 0 Å². The van der Waals surface area contributed by atoms with Gasteiger partial charge in [-0.3, -0.25) is 34.7 Å². The molecule has 2 N–H and O–H groups in total. The lowest BCUT2D eigenvalue weighted by Crippen LogP contribution is -2.52. The molecule has 2 aromatic rings. The van der Waals surface area contributed by atoms with E-state index in [9.17, 15) is 28.9 Å². The zero-order valence-corrected chi connectivity index (χ0v) is 24.1. The Balaban J connectivity index is 1.01. The largest absolute Gasteiger partial charge is 0.371 e. The molecule has 3 aliphatic heterocycles. The van der Waals surface area contributed by atoms with E-state index in [0.29, 0.717) is 11.7 Å². The summed E-state index contributed by atoms with van der Waals surface area (Å²) >= 11 is 0. The number of hydrogen-bond acceptors (Lipinski definition) is 8. The summed E-state index contributed by atoms with van der Waals surface area (Å²) in [6, 6.07) is 10.9. The highest BCUT2D eigenvalue weighted by Crippen LogP contribution is 2.48. The molecular weight excluding hydrogens is 555 g/mol. The molecule has 0 radical (unpaired) electrons. The molecule has 3 saturated heterocycles. The lowest BCUT2D eigenvalue weighted by molar-refractivity contribution is -0.384. The summed E-state index contributed by atoms with van der Waals surface area (Å²) in [6.07, 6.45) is 5.91. The van der Waals surface area contributed by atoms with Crippen LogP contribution < -0.4 is 20.4 Å². The Hall–Kier alpha value is -4.06. The maximum Gasteiger partial charge on any atom is 0.269 e. The molecule has 2 unspecified atom stereocenters. The average molecular weight is 593 g/mol. The van der Waals surface area contributed by atoms with Gasteiger partial charge in [0.1, 0.15) is 11.9 Å². The number of amides is 3. The quantitative estimate of drug-likeness (QED) is 0.297. The van der Waals surface area contributed by atoms with Crippen LogP contribution >= 0.6 is 0 Å². The molecule has 4 aliphatic rings. The number of anilines is 2. The van der Waals surface area contributed by atoms with E-state index in [4.69, 9.17) is 0 Å². The van der Waals surface area contributed by atoms with Gasteiger partial charge in [-0.15, -0.1) is 0 Å². The Bertz CT molecular complexity index is 1400. The van der Waals surface area contributed by atoms with Crippen LogP contribution in [0.2, 0.25) is 0 Å². The first kappa shape index (κ1) is 29.0. The third-order valence-corrected chi connectivity index (χ3v) is 9.81. The molecule has 1 spiro atoms. The summed E-state index contributed by atoms with van der Waals surface area (Å²) in [5, 5.41) is 15.8. The van der Waals surface area contributed by atoms with Crippen molar-refractivity contribution in [1.29, 1.82) is 0 Å². The van der Waals surface area contributed by atoms with Gasteiger partial charge >= 0.3 is 0 Å². The lowest BCUT2D eigenvalue weighted by atomic mass is 9.76. The highest BCUT2D eigenvalue weighted by Gasteiger charge is 2.43. The molecule has 3 heterocycles. The molecule has 6 rings (SSSR count). The first-order valence-electron chi connectivity index (χ1n) is 15.1. The number of non-ortho nitro benzene ring substituents is 1. The minimum atomic E-state index is -0.813. The van der Waals surface area contributed by atoms with Crippen molar-refractivity contribution in [2.45, 2.75) is 57.0 Å². The highest BCUT2D eigenvalue weighted by molar-refractivity contribution is 6.04. The Morgan fingerprint density at radius 3 is 2.30 bits per heavy atom. The standard InChI is InChI=1S/C31H37FN6O5/c32-22-17-21(29(40)33-27-5-6-28(39)34-30(27)41)18-26(19-22)35-11-9-31(10-12-35)8-7-25(20-31)37-15-13-36(14-16-37)23-1-3-24(4-2-23)38(42)43/h1-4,17-19,25,27H,5-16,20H2,(H,33,40)(H,34,39,41). The number of nitrogens with one attached hydrogen (secondary N) is 2. The number of imide groups is 1. The van der Waals surface area contributed by atoms with E-state index >= 15 is 0 Å². The average Bonchev–Trinajstić information content (AvgIpc) is 3.42. The van der Waals surface area contributed by atoms with Crippen LogP contribution in [0, 0.1) is 21.3 Å². The molecule has 43 heavy (non-hydrogen) atoms. The van der Waals surface area contributed by atoms with Crippen molar-refractivity contribution in [2.24, 2.45) is 5.41 Å². The number of halogens is 1. The smallest absolute Gasteiger partial charge is 0.269 e. The highest BCUT2D eigenvalue weighted by atomic mass is 19.1. The van der Waals surface area contributed by atoms with E-state index in [1.54, 1.807) is 18.2 Å². The minimum Gasteiger partial charge on any atom is -0.371 e. The van der Waals surface area contributed by atoms with Crippen LogP contribution in [0.1, 0.15) is 55.3 Å². The van der Waals surface area contributed by atoms with Crippen molar-refractivity contribution >= 4 is 34.8 Å². The zero-order valence-electron chi connectivity index (χ0n) is 24.1. The first-order chi connectivity index (χ1) is 20.7. The van der Waals surface area contributed by atoms with Crippen molar-refractivity contribution in [3.05, 3.63) is 64.0 Å². The predicted molar refractivity (Wildman–Crippen MR) is 158 cm³/mol. The van der Waals surface area contributed by atoms with Gasteiger partial charge in [-0.1, -0.05) is 0 Å². The van der Waals surface area contributed by atoms with Crippen LogP contribution in [-0.4, -0.2) is 78.9 Å². The Morgan fingerprint density at radius 2 is 1.63 bits per heavy atom. The third-order valence-electron chi connectivity index (χ3n) is 9.81. The number of nitrogens with zero attached hydrogens (tertiary/aromatic N) is 4. The molecule has 3 amide bonds. The summed E-state index contributed by atoms with van der Waals surface area (Å²) in [5.74, 6) is -1.93. The number of nitro benzene ring substituents is 1. The topological polar surface area (TPSA) is 128 Å². The predicted octanol–water partition coefficient (Wildman–Crippen LogP) is 3.23. The van der Waals surface area contributed by atoms with Crippen LogP contribution in [-0.2, 0) is 9.59 Å². The third kappa shape index (κ3) is 6.34. The van der Waals surface area contributed by atoms with Gasteiger partial charge < -0.3 is 15.1 Å². The Kier molecular flexibility index (Phi) is 8.04. The van der Waals surface area contributed by atoms with Gasteiger partial charge in [0.05, 0.1) is 4.92 Å². The maximum atomic E-state index is 14.6. The molecule has 1 saturated carbocycles. The second-order valence-corrected chi connectivity index (χ2v) is 12.4. The van der Waals surface area contributed by atoms with Crippen LogP contribution in [0.15, 0.2) is 42.5 Å². The minimum absolute atomic E-state index is 0.109. The van der Waals surface area contributed by atoms with Gasteiger partial charge in [-0.05, 0) is 74.3 Å². The van der Waals surface area contributed by atoms with Crippen LogP contribution in [0.5, 0.6) is 0 Å². The van der Waals surface area contributed by atoms with E-state index in [1.807, 2.05) is 12.1 Å². The van der Waals surface area contributed by atoms with Crippen molar-refractivity contribution in [3.8, 4) is 0 Å². The van der Waals surface area contributed by atoms with Gasteiger partial charge in [0.25, 0.3) is 11.6 Å². The number of carbonyl (C=O) groups is 3. The van der Waals surface area contributed by atoms with Crippen LogP contribution in [0.3, 0.4) is 0 Å². The van der Waals surface area contributed by atoms with Crippen molar-refractivity contribution in [1.82, 2.24) is 15.5 Å². The first-order valence-corrected chi connectivity index (χ1v) is 15.1. The van der Waals surface area contributed by atoms with Crippen molar-refractivity contribution in [3.63, 3.8) is 0 Å². The van der Waals surface area contributed by atoms with E-state index in [2.05, 4.69) is 25.3 Å². The summed E-state index contributed by atoms with van der Waals surface area (Å²) in [4.78, 5) is 53.9. The fourth-order valence-electron chi connectivity index (χ4n) is 7.27. The summed E-state index contributed by atoms with van der Waals surface area (Å²) in [5.41, 5.74) is 2.23. The number of nitro groups is 1. The number of piperidine rings is 2. The van der Waals surface area contributed by atoms with Crippen molar-refractivity contribution < 1.29 is 23.7 Å². The van der Waals surface area contributed by atoms with E-state index in [0.717, 1.165) is 64.2 Å². The second kappa shape index (κ2) is 11.9. The Morgan fingerprint density at radius 1 is 0.930 bits per heavy atom. The number of carbonyl (C=O) groups excluding carboxylic acids is 3. The van der Waals surface area contributed by atoms with Gasteiger partial charge in [-0.25, -0.2) is 4.39 Å². The number of rotatable bonds is 6. The van der Waals surface area contributed by atoms with Gasteiger partial charge in [0.2, 0.25) is 11.8 Å². The molecule has 2 aromatic carbocycles. The van der Waals surface area contributed by atoms with Crippen LogP contribution in [0.4, 0.5) is 21.5 Å². The fourth-order valence-corrected chi connectivity index (χ4v) is 7.27. The summed E-state index contributed by atoms with van der Waals surface area (Å²) < 4.78 is 14.6. The maximum absolute atomic E-state index is 14.6. The normalized spacial score (nSPS) is 24.2. The molecule has 12 heteroatoms. The fraction of sp³-hybridized carbons (Fsp3) is 0.516. The van der Waals surface area contributed by atoms with Gasteiger partial charge in [0, 0.05) is 80.8 Å². The number of piperazine rings is 1. The summed E-state index contributed by atoms with van der Waals surface area (Å²) in [6.45, 7) is 5.31. The Labute approximate surface area is 249 Å². The van der Waals surface area contributed by atoms with Gasteiger partial charge in [-0.2, -0.15) is 0 Å². The number of benzene rings is 2. The monoisotopic (exact) mass is 592 g/mol. The van der Waals surface area contributed by atoms with Crippen molar-refractivity contribution in [2.75, 3.05) is 49.1 Å². The molecule has 228 valence electrons. The molecule has 0 bridgehead atoms. The zero-order chi connectivity index (χ0) is 30.1. The molecule has 2 atom stereocenters. The van der Waals surface area contributed by atoms with E-state index in [1.165, 1.54) is 25.0 Å².